The van der Waals surface area contributed by atoms with Gasteiger partial charge in [-0.2, -0.15) is 0 Å². The average molecular weight is 378 g/mol. The Kier molecular flexibility index (Phi) is 4.82. The molecule has 0 bridgehead atoms. The maximum atomic E-state index is 13.0. The highest BCUT2D eigenvalue weighted by Crippen LogP contribution is 2.24. The third-order valence-corrected chi connectivity index (χ3v) is 5.28. The number of halogens is 1. The first-order valence-electron chi connectivity index (χ1n) is 8.95. The minimum atomic E-state index is 0.0249. The minimum absolute atomic E-state index is 0.0249. The van der Waals surface area contributed by atoms with Crippen molar-refractivity contribution in [1.29, 1.82) is 0 Å². The molecule has 4 nitrogen and oxygen atoms in total. The molecule has 3 aromatic rings. The van der Waals surface area contributed by atoms with Gasteiger partial charge in [-0.25, -0.2) is 4.98 Å². The molecule has 1 aliphatic rings. The van der Waals surface area contributed by atoms with E-state index >= 15 is 0 Å². The molecule has 0 atom stereocenters. The van der Waals surface area contributed by atoms with Crippen LogP contribution in [0, 0.1) is 6.92 Å². The van der Waals surface area contributed by atoms with Crippen molar-refractivity contribution in [2.24, 2.45) is 0 Å². The average Bonchev–Trinajstić information content (AvgIpc) is 2.70. The molecule has 1 aliphatic heterocycles. The number of hydrogen-bond acceptors (Lipinski definition) is 3. The summed E-state index contributed by atoms with van der Waals surface area (Å²) >= 11 is 6.18. The number of carbonyl (C=O) groups excluding carboxylic acids is 1. The molecule has 1 N–H and O–H groups in total. The third kappa shape index (κ3) is 3.81. The molecule has 1 amide bonds. The smallest absolute Gasteiger partial charge is 0.254 e. The monoisotopic (exact) mass is 377 g/mol. The number of aromatic nitrogens is 1. The second-order valence-corrected chi connectivity index (χ2v) is 7.17. The quantitative estimate of drug-likeness (QED) is 0.699. The van der Waals surface area contributed by atoms with Crippen molar-refractivity contribution in [3.05, 3.63) is 88.1 Å². The van der Waals surface area contributed by atoms with Crippen LogP contribution >= 0.6 is 11.6 Å². The molecule has 0 fully saturated rings. The highest BCUT2D eigenvalue weighted by molar-refractivity contribution is 6.31. The van der Waals surface area contributed by atoms with Gasteiger partial charge in [-0.3, -0.25) is 4.79 Å². The van der Waals surface area contributed by atoms with Crippen LogP contribution in [0.4, 0.5) is 11.5 Å². The summed E-state index contributed by atoms with van der Waals surface area (Å²) in [4.78, 5) is 19.2. The van der Waals surface area contributed by atoms with Crippen molar-refractivity contribution in [3.63, 3.8) is 0 Å². The van der Waals surface area contributed by atoms with Gasteiger partial charge in [0, 0.05) is 35.6 Å². The van der Waals surface area contributed by atoms with Crippen molar-refractivity contribution in [2.45, 2.75) is 19.9 Å². The predicted octanol–water partition coefficient (Wildman–Crippen LogP) is 4.99. The fourth-order valence-corrected chi connectivity index (χ4v) is 3.48. The van der Waals surface area contributed by atoms with E-state index < -0.39 is 0 Å². The van der Waals surface area contributed by atoms with Gasteiger partial charge >= 0.3 is 0 Å². The summed E-state index contributed by atoms with van der Waals surface area (Å²) in [5, 5.41) is 3.91. The van der Waals surface area contributed by atoms with Crippen LogP contribution in [-0.4, -0.2) is 22.3 Å². The second kappa shape index (κ2) is 7.41. The summed E-state index contributed by atoms with van der Waals surface area (Å²) in [6.07, 6.45) is 2.54. The fraction of sp³-hybridized carbons (Fsp3) is 0.182. The first kappa shape index (κ1) is 17.6. The van der Waals surface area contributed by atoms with Gasteiger partial charge in [-0.1, -0.05) is 41.9 Å². The van der Waals surface area contributed by atoms with E-state index in [9.17, 15) is 4.79 Å². The van der Waals surface area contributed by atoms with Crippen LogP contribution in [0.15, 0.2) is 60.8 Å². The highest BCUT2D eigenvalue weighted by Gasteiger charge is 2.21. The first-order valence-corrected chi connectivity index (χ1v) is 9.33. The molecular formula is C22H20ClN3O. The molecule has 0 radical (unpaired) electrons. The Balaban J connectivity index is 1.52. The van der Waals surface area contributed by atoms with E-state index in [4.69, 9.17) is 11.6 Å². The summed E-state index contributed by atoms with van der Waals surface area (Å²) in [6, 6.07) is 17.6. The van der Waals surface area contributed by atoms with E-state index in [1.54, 1.807) is 18.3 Å². The number of nitrogens with one attached hydrogen (secondary N) is 1. The molecule has 1 aromatic heterocycles. The summed E-state index contributed by atoms with van der Waals surface area (Å²) in [5.41, 5.74) is 5.04. The fourth-order valence-electron chi connectivity index (χ4n) is 3.30. The van der Waals surface area contributed by atoms with Gasteiger partial charge in [0.25, 0.3) is 5.91 Å². The molecule has 0 saturated carbocycles. The molecule has 2 aromatic carbocycles. The largest absolute Gasteiger partial charge is 0.340 e. The number of pyridine rings is 1. The summed E-state index contributed by atoms with van der Waals surface area (Å²) in [5.74, 6) is 0.648. The van der Waals surface area contributed by atoms with E-state index in [0.717, 1.165) is 24.2 Å². The van der Waals surface area contributed by atoms with Gasteiger partial charge in [-0.15, -0.1) is 0 Å². The Morgan fingerprint density at radius 1 is 1.11 bits per heavy atom. The summed E-state index contributed by atoms with van der Waals surface area (Å²) in [7, 11) is 0. The SMILES string of the molecule is Cc1ccc(Nc2cc(C(=O)N3CCc4ccccc4C3)ccn2)cc1Cl. The van der Waals surface area contributed by atoms with Crippen molar-refractivity contribution in [1.82, 2.24) is 9.88 Å². The minimum Gasteiger partial charge on any atom is -0.340 e. The molecule has 0 unspecified atom stereocenters. The molecule has 2 heterocycles. The highest BCUT2D eigenvalue weighted by atomic mass is 35.5. The number of rotatable bonds is 3. The maximum Gasteiger partial charge on any atom is 0.254 e. The molecule has 136 valence electrons. The van der Waals surface area contributed by atoms with Crippen molar-refractivity contribution < 1.29 is 4.79 Å². The van der Waals surface area contributed by atoms with E-state index in [1.165, 1.54) is 11.1 Å². The van der Waals surface area contributed by atoms with E-state index in [2.05, 4.69) is 28.5 Å². The van der Waals surface area contributed by atoms with Crippen molar-refractivity contribution in [3.8, 4) is 0 Å². The zero-order valence-corrected chi connectivity index (χ0v) is 15.8. The van der Waals surface area contributed by atoms with E-state index in [-0.39, 0.29) is 5.91 Å². The zero-order valence-electron chi connectivity index (χ0n) is 15.1. The number of anilines is 2. The lowest BCUT2D eigenvalue weighted by Crippen LogP contribution is -2.35. The summed E-state index contributed by atoms with van der Waals surface area (Å²) < 4.78 is 0. The Labute approximate surface area is 163 Å². The normalized spacial score (nSPS) is 13.2. The van der Waals surface area contributed by atoms with Crippen LogP contribution in [-0.2, 0) is 13.0 Å². The number of amides is 1. The molecule has 0 spiro atoms. The van der Waals surface area contributed by atoms with Gasteiger partial charge < -0.3 is 10.2 Å². The van der Waals surface area contributed by atoms with Crippen LogP contribution in [0.1, 0.15) is 27.0 Å². The standard InChI is InChI=1S/C22H20ClN3O/c1-15-6-7-19(13-20(15)23)25-21-12-17(8-10-24-21)22(27)26-11-9-16-4-2-3-5-18(16)14-26/h2-8,10,12-13H,9,11,14H2,1H3,(H,24,25). The number of benzene rings is 2. The maximum absolute atomic E-state index is 13.0. The van der Waals surface area contributed by atoms with Crippen molar-refractivity contribution in [2.75, 3.05) is 11.9 Å². The lowest BCUT2D eigenvalue weighted by molar-refractivity contribution is 0.0734. The molecular weight excluding hydrogens is 358 g/mol. The summed E-state index contributed by atoms with van der Waals surface area (Å²) in [6.45, 7) is 3.34. The van der Waals surface area contributed by atoms with Crippen LogP contribution < -0.4 is 5.32 Å². The molecule has 5 heteroatoms. The third-order valence-electron chi connectivity index (χ3n) is 4.87. The van der Waals surface area contributed by atoms with Gasteiger partial charge in [0.05, 0.1) is 0 Å². The van der Waals surface area contributed by atoms with Gasteiger partial charge in [0.1, 0.15) is 5.82 Å². The topological polar surface area (TPSA) is 45.2 Å². The molecule has 0 aliphatic carbocycles. The van der Waals surface area contributed by atoms with E-state index in [1.807, 2.05) is 36.1 Å². The molecule has 4 rings (SSSR count). The number of fused-ring (bicyclic) bond motifs is 1. The van der Waals surface area contributed by atoms with Crippen LogP contribution in [0.25, 0.3) is 0 Å². The Morgan fingerprint density at radius 2 is 1.93 bits per heavy atom. The van der Waals surface area contributed by atoms with Crippen LogP contribution in [0.2, 0.25) is 5.02 Å². The van der Waals surface area contributed by atoms with Crippen LogP contribution in [0.3, 0.4) is 0 Å². The zero-order chi connectivity index (χ0) is 18.8. The van der Waals surface area contributed by atoms with Gasteiger partial charge in [-0.05, 0) is 54.3 Å². The number of nitrogens with zero attached hydrogens (tertiary/aromatic N) is 2. The van der Waals surface area contributed by atoms with Gasteiger partial charge in [0.15, 0.2) is 0 Å². The Morgan fingerprint density at radius 3 is 2.74 bits per heavy atom. The molecule has 0 saturated heterocycles. The number of hydrogen-bond donors (Lipinski definition) is 1. The number of aryl methyl sites for hydroxylation is 1. The van der Waals surface area contributed by atoms with E-state index in [0.29, 0.717) is 22.9 Å². The second-order valence-electron chi connectivity index (χ2n) is 6.76. The van der Waals surface area contributed by atoms with Gasteiger partial charge in [0.2, 0.25) is 0 Å². The lowest BCUT2D eigenvalue weighted by Gasteiger charge is -2.29. The lowest BCUT2D eigenvalue weighted by atomic mass is 9.99. The predicted molar refractivity (Wildman–Crippen MR) is 109 cm³/mol. The number of carbonyl (C=O) groups is 1. The van der Waals surface area contributed by atoms with Crippen molar-refractivity contribution >= 4 is 29.0 Å². The Bertz CT molecular complexity index is 1000. The molecule has 27 heavy (non-hydrogen) atoms. The Hall–Kier alpha value is -2.85. The van der Waals surface area contributed by atoms with Crippen LogP contribution in [0.5, 0.6) is 0 Å². The first-order chi connectivity index (χ1) is 13.1.